The molecule has 2 aromatic rings. The van der Waals surface area contributed by atoms with Gasteiger partial charge < -0.3 is 24.6 Å². The van der Waals surface area contributed by atoms with Crippen molar-refractivity contribution in [3.05, 3.63) is 53.3 Å². The molecule has 0 aliphatic carbocycles. The number of amides is 3. The summed E-state index contributed by atoms with van der Waals surface area (Å²) in [6.45, 7) is 2.57. The predicted octanol–water partition coefficient (Wildman–Crippen LogP) is 3.18. The number of likely N-dealkylation sites (tertiary alicyclic amines) is 1. The first kappa shape index (κ1) is 28.9. The van der Waals surface area contributed by atoms with Crippen LogP contribution in [0.2, 0.25) is 0 Å². The van der Waals surface area contributed by atoms with Gasteiger partial charge in [-0.05, 0) is 79.2 Å². The Morgan fingerprint density at radius 2 is 1.93 bits per heavy atom. The van der Waals surface area contributed by atoms with Gasteiger partial charge in [-0.1, -0.05) is 12.1 Å². The van der Waals surface area contributed by atoms with Gasteiger partial charge in [0.15, 0.2) is 11.5 Å². The molecule has 9 nitrogen and oxygen atoms in total. The van der Waals surface area contributed by atoms with Crippen LogP contribution in [0, 0.1) is 11.8 Å². The Kier molecular flexibility index (Phi) is 9.42. The van der Waals surface area contributed by atoms with Gasteiger partial charge in [0.25, 0.3) is 0 Å². The third kappa shape index (κ3) is 7.00. The van der Waals surface area contributed by atoms with E-state index < -0.39 is 0 Å². The largest absolute Gasteiger partial charge is 0.493 e. The average molecular weight is 563 g/mol. The lowest BCUT2D eigenvalue weighted by atomic mass is 9.77. The van der Waals surface area contributed by atoms with E-state index >= 15 is 0 Å². The summed E-state index contributed by atoms with van der Waals surface area (Å²) < 4.78 is 11.3. The number of pyridine rings is 1. The molecule has 3 amide bonds. The van der Waals surface area contributed by atoms with Crippen LogP contribution < -0.4 is 14.8 Å². The molecule has 3 atom stereocenters. The average Bonchev–Trinajstić information content (AvgIpc) is 2.98. The summed E-state index contributed by atoms with van der Waals surface area (Å²) in [5, 5.41) is 3.06. The van der Waals surface area contributed by atoms with Crippen molar-refractivity contribution in [1.29, 1.82) is 0 Å². The molecule has 3 aliphatic heterocycles. The van der Waals surface area contributed by atoms with Crippen LogP contribution in [-0.4, -0.2) is 78.9 Å². The molecule has 0 radical (unpaired) electrons. The molecule has 1 N–H and O–H groups in total. The zero-order valence-corrected chi connectivity index (χ0v) is 24.3. The lowest BCUT2D eigenvalue weighted by Gasteiger charge is -2.51. The van der Waals surface area contributed by atoms with Crippen LogP contribution in [0.4, 0.5) is 0 Å². The summed E-state index contributed by atoms with van der Waals surface area (Å²) in [7, 11) is 3.27. The Hall–Kier alpha value is -3.62. The fourth-order valence-electron chi connectivity index (χ4n) is 6.89. The third-order valence-electron chi connectivity index (χ3n) is 8.81. The summed E-state index contributed by atoms with van der Waals surface area (Å²) >= 11 is 0. The number of nitrogens with one attached hydrogen (secondary N) is 1. The van der Waals surface area contributed by atoms with Crippen molar-refractivity contribution in [3.8, 4) is 11.5 Å². The second kappa shape index (κ2) is 13.4. The summed E-state index contributed by atoms with van der Waals surface area (Å²) in [5.74, 6) is 2.14. The maximum Gasteiger partial charge on any atom is 0.227 e. The van der Waals surface area contributed by atoms with Gasteiger partial charge in [0.05, 0.1) is 20.6 Å². The quantitative estimate of drug-likeness (QED) is 0.615. The minimum atomic E-state index is 0.0226. The minimum absolute atomic E-state index is 0.0226. The van der Waals surface area contributed by atoms with Gasteiger partial charge in [-0.15, -0.1) is 0 Å². The van der Waals surface area contributed by atoms with Gasteiger partial charge in [-0.25, -0.2) is 0 Å². The molecule has 41 heavy (non-hydrogen) atoms. The smallest absolute Gasteiger partial charge is 0.227 e. The first-order valence-electron chi connectivity index (χ1n) is 14.9. The zero-order valence-electron chi connectivity index (χ0n) is 24.3. The molecule has 3 aliphatic rings. The molecule has 0 spiro atoms. The fraction of sp³-hybridized carbons (Fsp3) is 0.562. The van der Waals surface area contributed by atoms with Crippen LogP contribution in [0.3, 0.4) is 0 Å². The summed E-state index contributed by atoms with van der Waals surface area (Å²) in [6.07, 6.45) is 9.30. The highest BCUT2D eigenvalue weighted by Gasteiger charge is 2.43. The first-order valence-corrected chi connectivity index (χ1v) is 14.9. The van der Waals surface area contributed by atoms with Gasteiger partial charge in [0.2, 0.25) is 17.7 Å². The topological polar surface area (TPSA) is 101 Å². The van der Waals surface area contributed by atoms with Crippen LogP contribution in [0.25, 0.3) is 0 Å². The highest BCUT2D eigenvalue weighted by Crippen LogP contribution is 2.37. The number of aryl methyl sites for hydroxylation is 2. The highest BCUT2D eigenvalue weighted by atomic mass is 16.5. The van der Waals surface area contributed by atoms with Crippen molar-refractivity contribution in [2.75, 3.05) is 40.4 Å². The number of ether oxygens (including phenoxy) is 2. The monoisotopic (exact) mass is 562 g/mol. The summed E-state index contributed by atoms with van der Waals surface area (Å²) in [4.78, 5) is 47.9. The maximum atomic E-state index is 13.8. The minimum Gasteiger partial charge on any atom is -0.493 e. The van der Waals surface area contributed by atoms with Crippen LogP contribution in [0.15, 0.2) is 36.7 Å². The number of fused-ring (bicyclic) bond motifs is 6. The standard InChI is InChI=1S/C32H42N4O5/c1-40-28-16-22-10-11-30(38)36-20-24-15-26(21-35(19-24)31(39)17-23-6-4-12-33-18-23)27(36)8-3-9-29(37)34-13-5-7-25(14-22)32(28)41-2/h4,6,12,14,16,18,24,26-27H,3,5,7-11,13,15,17,19-21H2,1-2H3,(H,34,37)/t24-,26+,27-/m0/s1. The number of carbonyl (C=O) groups excluding carboxylic acids is 3. The Bertz CT molecular complexity index is 1240. The van der Waals surface area contributed by atoms with Crippen LogP contribution in [0.5, 0.6) is 11.5 Å². The molecule has 4 bridgehead atoms. The second-order valence-electron chi connectivity index (χ2n) is 11.6. The number of piperidine rings is 2. The molecule has 1 aromatic carbocycles. The lowest BCUT2D eigenvalue weighted by Crippen LogP contribution is -2.60. The fourth-order valence-corrected chi connectivity index (χ4v) is 6.89. The molecule has 0 unspecified atom stereocenters. The number of methoxy groups -OCH3 is 2. The van der Waals surface area contributed by atoms with E-state index in [1.54, 1.807) is 26.6 Å². The van der Waals surface area contributed by atoms with Crippen LogP contribution in [-0.2, 0) is 33.6 Å². The van der Waals surface area contributed by atoms with Crippen molar-refractivity contribution in [2.45, 2.75) is 63.8 Å². The van der Waals surface area contributed by atoms with Crippen molar-refractivity contribution in [3.63, 3.8) is 0 Å². The number of carbonyl (C=O) groups is 3. The molecule has 220 valence electrons. The number of benzene rings is 1. The molecule has 9 heteroatoms. The van der Waals surface area contributed by atoms with E-state index in [-0.39, 0.29) is 35.6 Å². The van der Waals surface area contributed by atoms with E-state index in [2.05, 4.69) is 21.3 Å². The van der Waals surface area contributed by atoms with Gasteiger partial charge in [0, 0.05) is 57.5 Å². The Labute approximate surface area is 242 Å². The van der Waals surface area contributed by atoms with Crippen LogP contribution >= 0.6 is 0 Å². The normalized spacial score (nSPS) is 23.8. The molecule has 2 saturated heterocycles. The molecule has 1 aromatic heterocycles. The zero-order chi connectivity index (χ0) is 28.8. The Morgan fingerprint density at radius 1 is 1.05 bits per heavy atom. The highest BCUT2D eigenvalue weighted by molar-refractivity contribution is 5.79. The van der Waals surface area contributed by atoms with Crippen LogP contribution in [0.1, 0.15) is 55.2 Å². The van der Waals surface area contributed by atoms with E-state index in [0.29, 0.717) is 63.4 Å². The first-order chi connectivity index (χ1) is 19.9. The molecule has 2 fully saturated rings. The lowest BCUT2D eigenvalue weighted by molar-refractivity contribution is -0.145. The summed E-state index contributed by atoms with van der Waals surface area (Å²) in [5.41, 5.74) is 2.99. The third-order valence-corrected chi connectivity index (χ3v) is 8.81. The van der Waals surface area contributed by atoms with Crippen molar-refractivity contribution in [2.24, 2.45) is 11.8 Å². The molecular formula is C32H42N4O5. The summed E-state index contributed by atoms with van der Waals surface area (Å²) in [6, 6.07) is 7.89. The van der Waals surface area contributed by atoms with Gasteiger partial charge >= 0.3 is 0 Å². The van der Waals surface area contributed by atoms with E-state index in [9.17, 15) is 14.4 Å². The molecular weight excluding hydrogens is 520 g/mol. The molecule has 0 saturated carbocycles. The Balaban J connectivity index is 1.34. The van der Waals surface area contributed by atoms with E-state index in [1.807, 2.05) is 23.1 Å². The molecule has 5 rings (SSSR count). The van der Waals surface area contributed by atoms with Gasteiger partial charge in [-0.2, -0.15) is 0 Å². The van der Waals surface area contributed by atoms with E-state index in [0.717, 1.165) is 48.8 Å². The van der Waals surface area contributed by atoms with E-state index in [1.165, 1.54) is 0 Å². The van der Waals surface area contributed by atoms with Crippen molar-refractivity contribution < 1.29 is 23.9 Å². The Morgan fingerprint density at radius 3 is 2.71 bits per heavy atom. The maximum absolute atomic E-state index is 13.8. The second-order valence-corrected chi connectivity index (χ2v) is 11.6. The number of nitrogens with zero attached hydrogens (tertiary/aromatic N) is 3. The number of rotatable bonds is 4. The van der Waals surface area contributed by atoms with Crippen molar-refractivity contribution >= 4 is 17.7 Å². The number of aromatic nitrogens is 1. The predicted molar refractivity (Wildman–Crippen MR) is 155 cm³/mol. The van der Waals surface area contributed by atoms with Crippen molar-refractivity contribution in [1.82, 2.24) is 20.1 Å². The van der Waals surface area contributed by atoms with E-state index in [4.69, 9.17) is 9.47 Å². The van der Waals surface area contributed by atoms with Gasteiger partial charge in [0.1, 0.15) is 0 Å². The van der Waals surface area contributed by atoms with Gasteiger partial charge in [-0.3, -0.25) is 19.4 Å². The number of hydrogen-bond acceptors (Lipinski definition) is 6. The SMILES string of the molecule is COc1cc2cc(c1OC)CCCNC(=O)CCC[C@H]1[C@@H]3C[C@@H](CN(C(=O)Cc4cccnc4)C3)CN1C(=O)CC2. The number of hydrogen-bond donors (Lipinski definition) is 1. The molecule has 4 heterocycles.